The number of nitrogens with zero attached hydrogens (tertiary/aromatic N) is 1. The van der Waals surface area contributed by atoms with E-state index in [1.165, 1.54) is 4.90 Å². The van der Waals surface area contributed by atoms with Gasteiger partial charge in [0.15, 0.2) is 0 Å². The fraction of sp³-hybridized carbons (Fsp3) is 0.467. The number of hydrogen-bond donors (Lipinski definition) is 2. The number of likely N-dealkylation sites (tertiary alicyclic amines) is 1. The lowest BCUT2D eigenvalue weighted by atomic mass is 10.1. The minimum atomic E-state index is -3.65. The maximum atomic E-state index is 12.3. The summed E-state index contributed by atoms with van der Waals surface area (Å²) in [5, 5.41) is 8.91. The van der Waals surface area contributed by atoms with Crippen LogP contribution in [0.3, 0.4) is 0 Å². The number of nitrogens with one attached hydrogen (secondary N) is 1. The van der Waals surface area contributed by atoms with Gasteiger partial charge in [0.2, 0.25) is 15.9 Å². The fourth-order valence-electron chi connectivity index (χ4n) is 2.65. The second kappa shape index (κ2) is 6.67. The number of carbonyl (C=O) groups excluding carboxylic acids is 1. The summed E-state index contributed by atoms with van der Waals surface area (Å²) >= 11 is 0. The van der Waals surface area contributed by atoms with Crippen LogP contribution in [0.15, 0.2) is 23.1 Å². The maximum absolute atomic E-state index is 12.3. The van der Waals surface area contributed by atoms with E-state index in [2.05, 4.69) is 4.72 Å². The van der Waals surface area contributed by atoms with Gasteiger partial charge in [0, 0.05) is 26.1 Å². The predicted molar refractivity (Wildman–Crippen MR) is 83.4 cm³/mol. The zero-order chi connectivity index (χ0) is 17.2. The minimum absolute atomic E-state index is 0.0286. The second-order valence-electron chi connectivity index (χ2n) is 5.75. The van der Waals surface area contributed by atoms with Gasteiger partial charge in [0.25, 0.3) is 0 Å². The van der Waals surface area contributed by atoms with Crippen LogP contribution < -0.4 is 4.72 Å². The highest BCUT2D eigenvalue weighted by molar-refractivity contribution is 7.89. The number of rotatable bonds is 6. The Balaban J connectivity index is 1.95. The number of aliphatic carboxylic acids is 1. The number of carbonyl (C=O) groups is 2. The summed E-state index contributed by atoms with van der Waals surface area (Å²) in [6.45, 7) is 3.94. The smallest absolute Gasteiger partial charge is 0.308 e. The zero-order valence-electron chi connectivity index (χ0n) is 13.1. The Morgan fingerprint density at radius 3 is 2.65 bits per heavy atom. The Morgan fingerprint density at radius 1 is 1.39 bits per heavy atom. The van der Waals surface area contributed by atoms with Crippen molar-refractivity contribution in [1.82, 2.24) is 9.62 Å². The van der Waals surface area contributed by atoms with Crippen LogP contribution in [0.1, 0.15) is 17.5 Å². The van der Waals surface area contributed by atoms with Crippen molar-refractivity contribution in [3.8, 4) is 0 Å². The molecule has 1 atom stereocenters. The molecule has 1 unspecified atom stereocenters. The van der Waals surface area contributed by atoms with Crippen molar-refractivity contribution in [2.45, 2.75) is 25.2 Å². The molecule has 1 saturated heterocycles. The molecule has 0 aromatic heterocycles. The highest BCUT2D eigenvalue weighted by Crippen LogP contribution is 2.18. The Labute approximate surface area is 135 Å². The number of benzene rings is 1. The average Bonchev–Trinajstić information content (AvgIpc) is 2.80. The second-order valence-corrected chi connectivity index (χ2v) is 7.48. The van der Waals surface area contributed by atoms with E-state index in [9.17, 15) is 18.0 Å². The van der Waals surface area contributed by atoms with E-state index in [0.717, 1.165) is 5.56 Å². The molecule has 0 spiro atoms. The number of amides is 1. The van der Waals surface area contributed by atoms with Crippen LogP contribution in [0, 0.1) is 19.8 Å². The van der Waals surface area contributed by atoms with E-state index in [1.807, 2.05) is 6.92 Å². The van der Waals surface area contributed by atoms with Crippen molar-refractivity contribution >= 4 is 21.9 Å². The number of sulfonamides is 1. The van der Waals surface area contributed by atoms with Gasteiger partial charge >= 0.3 is 5.97 Å². The van der Waals surface area contributed by atoms with E-state index < -0.39 is 21.9 Å². The van der Waals surface area contributed by atoms with E-state index in [4.69, 9.17) is 5.11 Å². The molecule has 126 valence electrons. The largest absolute Gasteiger partial charge is 0.481 e. The third-order valence-electron chi connectivity index (χ3n) is 3.86. The monoisotopic (exact) mass is 340 g/mol. The number of aryl methyl sites for hydroxylation is 2. The van der Waals surface area contributed by atoms with Crippen molar-refractivity contribution in [2.75, 3.05) is 19.6 Å². The van der Waals surface area contributed by atoms with Crippen molar-refractivity contribution in [1.29, 1.82) is 0 Å². The average molecular weight is 340 g/mol. The molecule has 2 N–H and O–H groups in total. The molecule has 8 heteroatoms. The highest BCUT2D eigenvalue weighted by Gasteiger charge is 2.34. The van der Waals surface area contributed by atoms with Gasteiger partial charge in [-0.05, 0) is 25.5 Å². The first-order chi connectivity index (χ1) is 10.7. The first kappa shape index (κ1) is 17.4. The van der Waals surface area contributed by atoms with Crippen LogP contribution >= 0.6 is 0 Å². The molecule has 7 nitrogen and oxygen atoms in total. The molecular weight excluding hydrogens is 320 g/mol. The van der Waals surface area contributed by atoms with Crippen LogP contribution in [0.4, 0.5) is 0 Å². The zero-order valence-corrected chi connectivity index (χ0v) is 13.9. The summed E-state index contributed by atoms with van der Waals surface area (Å²) in [5.74, 6) is -1.97. The lowest BCUT2D eigenvalue weighted by Gasteiger charge is -2.16. The summed E-state index contributed by atoms with van der Waals surface area (Å²) in [7, 11) is -3.65. The molecule has 1 aliphatic rings. The maximum Gasteiger partial charge on any atom is 0.308 e. The molecule has 1 heterocycles. The van der Waals surface area contributed by atoms with Gasteiger partial charge in [-0.25, -0.2) is 13.1 Å². The summed E-state index contributed by atoms with van der Waals surface area (Å²) in [5.41, 5.74) is 1.63. The molecule has 1 amide bonds. The number of carboxylic acids is 1. The molecular formula is C15H20N2O5S. The quantitative estimate of drug-likeness (QED) is 0.785. The molecule has 0 bridgehead atoms. The molecule has 1 fully saturated rings. The van der Waals surface area contributed by atoms with Gasteiger partial charge in [-0.15, -0.1) is 0 Å². The van der Waals surface area contributed by atoms with Crippen LogP contribution in [0.2, 0.25) is 0 Å². The van der Waals surface area contributed by atoms with E-state index in [1.54, 1.807) is 25.1 Å². The summed E-state index contributed by atoms with van der Waals surface area (Å²) in [6.07, 6.45) is -0.0286. The van der Waals surface area contributed by atoms with Gasteiger partial charge in [0.1, 0.15) is 0 Å². The number of carboxylic acid groups (broad SMARTS) is 1. The molecule has 0 radical (unpaired) electrons. The van der Waals surface area contributed by atoms with Crippen molar-refractivity contribution in [2.24, 2.45) is 5.92 Å². The normalized spacial score (nSPS) is 18.4. The van der Waals surface area contributed by atoms with Crippen molar-refractivity contribution in [3.05, 3.63) is 29.3 Å². The molecule has 0 aliphatic carbocycles. The minimum Gasteiger partial charge on any atom is -0.481 e. The first-order valence-corrected chi connectivity index (χ1v) is 8.76. The summed E-state index contributed by atoms with van der Waals surface area (Å²) in [4.78, 5) is 24.2. The topological polar surface area (TPSA) is 104 Å². The SMILES string of the molecule is Cc1ccc(S(=O)(=O)NCCN2CC(C(=O)O)CC2=O)c(C)c1. The molecule has 1 aromatic rings. The third-order valence-corrected chi connectivity index (χ3v) is 5.48. The van der Waals surface area contributed by atoms with E-state index in [-0.39, 0.29) is 36.9 Å². The third kappa shape index (κ3) is 4.08. The van der Waals surface area contributed by atoms with Crippen LogP contribution in [0.25, 0.3) is 0 Å². The fourth-order valence-corrected chi connectivity index (χ4v) is 3.89. The molecule has 1 aromatic carbocycles. The molecule has 23 heavy (non-hydrogen) atoms. The predicted octanol–water partition coefficient (Wildman–Crippen LogP) is 0.515. The molecule has 0 saturated carbocycles. The molecule has 2 rings (SSSR count). The Morgan fingerprint density at radius 2 is 2.09 bits per heavy atom. The van der Waals surface area contributed by atoms with Crippen molar-refractivity contribution in [3.63, 3.8) is 0 Å². The number of hydrogen-bond acceptors (Lipinski definition) is 4. The van der Waals surface area contributed by atoms with Gasteiger partial charge < -0.3 is 10.0 Å². The van der Waals surface area contributed by atoms with Gasteiger partial charge in [-0.2, -0.15) is 0 Å². The van der Waals surface area contributed by atoms with Gasteiger partial charge in [-0.3, -0.25) is 9.59 Å². The van der Waals surface area contributed by atoms with Crippen LogP contribution in [-0.2, 0) is 19.6 Å². The Hall–Kier alpha value is -1.93. The lowest BCUT2D eigenvalue weighted by Crippen LogP contribution is -2.36. The molecule has 1 aliphatic heterocycles. The summed E-state index contributed by atoms with van der Waals surface area (Å²) in [6, 6.07) is 5.06. The standard InChI is InChI=1S/C15H20N2O5S/c1-10-3-4-13(11(2)7-10)23(21,22)16-5-6-17-9-12(15(19)20)8-14(17)18/h3-4,7,12,16H,5-6,8-9H2,1-2H3,(H,19,20). The van der Waals surface area contributed by atoms with Gasteiger partial charge in [0.05, 0.1) is 10.8 Å². The lowest BCUT2D eigenvalue weighted by molar-refractivity contribution is -0.141. The van der Waals surface area contributed by atoms with Crippen LogP contribution in [-0.4, -0.2) is 49.9 Å². The first-order valence-electron chi connectivity index (χ1n) is 7.28. The van der Waals surface area contributed by atoms with E-state index >= 15 is 0 Å². The Kier molecular flexibility index (Phi) is 5.06. The van der Waals surface area contributed by atoms with E-state index in [0.29, 0.717) is 5.56 Å². The van der Waals surface area contributed by atoms with Gasteiger partial charge in [-0.1, -0.05) is 17.7 Å². The van der Waals surface area contributed by atoms with Crippen LogP contribution in [0.5, 0.6) is 0 Å². The Bertz CT molecular complexity index is 729. The summed E-state index contributed by atoms with van der Waals surface area (Å²) < 4.78 is 27.0. The van der Waals surface area contributed by atoms with Crippen molar-refractivity contribution < 1.29 is 23.1 Å². The highest BCUT2D eigenvalue weighted by atomic mass is 32.2.